The molecule has 1 N–H and O–H groups in total. The minimum atomic E-state index is 0.277. The number of morpholine rings is 2. The van der Waals surface area contributed by atoms with Crippen LogP contribution in [0.2, 0.25) is 0 Å². The summed E-state index contributed by atoms with van der Waals surface area (Å²) in [5.74, 6) is 1.54. The molecule has 4 aliphatic heterocycles. The SMILES string of the molecule is O=CNc1ccnn1Cc1nnc(N2CC3CCC(C2)O3)cc1N1CC2CCC(C1)O2. The normalized spacial score (nSPS) is 29.4. The molecule has 6 heterocycles. The number of carbonyl (C=O) groups is 1. The van der Waals surface area contributed by atoms with Crippen LogP contribution in [0, 0.1) is 0 Å². The molecule has 4 unspecified atom stereocenters. The summed E-state index contributed by atoms with van der Waals surface area (Å²) in [5.41, 5.74) is 1.93. The molecule has 10 heteroatoms. The van der Waals surface area contributed by atoms with Crippen molar-refractivity contribution in [3.05, 3.63) is 24.0 Å². The molecule has 4 fully saturated rings. The molecule has 31 heavy (non-hydrogen) atoms. The van der Waals surface area contributed by atoms with Crippen LogP contribution < -0.4 is 15.1 Å². The molecule has 4 bridgehead atoms. The zero-order valence-electron chi connectivity index (χ0n) is 17.4. The molecule has 0 spiro atoms. The lowest BCUT2D eigenvalue weighted by Gasteiger charge is -2.36. The first-order chi connectivity index (χ1) is 15.2. The van der Waals surface area contributed by atoms with Crippen LogP contribution in [0.25, 0.3) is 0 Å². The molecule has 0 radical (unpaired) electrons. The molecule has 0 aliphatic carbocycles. The summed E-state index contributed by atoms with van der Waals surface area (Å²) in [6.07, 6.45) is 7.95. The molecule has 0 saturated carbocycles. The number of hydrogen-bond donors (Lipinski definition) is 1. The molecular formula is C21H27N7O3. The van der Waals surface area contributed by atoms with E-state index in [4.69, 9.17) is 9.47 Å². The van der Waals surface area contributed by atoms with Gasteiger partial charge in [-0.2, -0.15) is 5.10 Å². The highest BCUT2D eigenvalue weighted by Gasteiger charge is 2.37. The fourth-order valence-electron chi connectivity index (χ4n) is 5.34. The maximum absolute atomic E-state index is 10.9. The molecule has 4 saturated heterocycles. The first-order valence-corrected chi connectivity index (χ1v) is 11.1. The maximum atomic E-state index is 10.9. The van der Waals surface area contributed by atoms with Crippen molar-refractivity contribution in [2.45, 2.75) is 56.6 Å². The van der Waals surface area contributed by atoms with Gasteiger partial charge in [0.15, 0.2) is 5.82 Å². The van der Waals surface area contributed by atoms with Crippen molar-refractivity contribution in [2.75, 3.05) is 41.3 Å². The van der Waals surface area contributed by atoms with E-state index in [1.54, 1.807) is 16.9 Å². The lowest BCUT2D eigenvalue weighted by atomic mass is 10.2. The second kappa shape index (κ2) is 7.76. The number of nitrogens with one attached hydrogen (secondary N) is 1. The largest absolute Gasteiger partial charge is 0.371 e. The summed E-state index contributed by atoms with van der Waals surface area (Å²) in [4.78, 5) is 15.6. The summed E-state index contributed by atoms with van der Waals surface area (Å²) in [5, 5.41) is 16.3. The predicted molar refractivity (Wildman–Crippen MR) is 113 cm³/mol. The quantitative estimate of drug-likeness (QED) is 0.686. The van der Waals surface area contributed by atoms with Gasteiger partial charge in [-0.05, 0) is 25.7 Å². The van der Waals surface area contributed by atoms with Crippen molar-refractivity contribution in [3.8, 4) is 0 Å². The van der Waals surface area contributed by atoms with Gasteiger partial charge >= 0.3 is 0 Å². The Kier molecular flexibility index (Phi) is 4.76. The standard InChI is InChI=1S/C21H27N7O3/c29-13-22-20-5-6-23-28(20)12-18-19(26-8-14-1-2-15(9-26)30-14)7-21(25-24-18)27-10-16-3-4-17(11-27)31-16/h5-7,13-17H,1-4,8-12H2,(H,22,29). The Morgan fingerprint density at radius 3 is 2.26 bits per heavy atom. The van der Waals surface area contributed by atoms with Crippen molar-refractivity contribution in [3.63, 3.8) is 0 Å². The Morgan fingerprint density at radius 2 is 1.61 bits per heavy atom. The number of carbonyl (C=O) groups excluding carboxylic acids is 1. The second-order valence-corrected chi connectivity index (χ2v) is 8.90. The van der Waals surface area contributed by atoms with Crippen LogP contribution in [0.3, 0.4) is 0 Å². The summed E-state index contributed by atoms with van der Waals surface area (Å²) < 4.78 is 13.8. The summed E-state index contributed by atoms with van der Waals surface area (Å²) in [6, 6.07) is 3.95. The topological polar surface area (TPSA) is 97.6 Å². The number of rotatable bonds is 6. The number of nitrogens with zero attached hydrogens (tertiary/aromatic N) is 6. The van der Waals surface area contributed by atoms with E-state index in [1.807, 2.05) is 0 Å². The Bertz CT molecular complexity index is 942. The van der Waals surface area contributed by atoms with E-state index in [0.29, 0.717) is 31.0 Å². The Hall–Kier alpha value is -2.72. The lowest BCUT2D eigenvalue weighted by Crippen LogP contribution is -2.44. The van der Waals surface area contributed by atoms with Crippen LogP contribution >= 0.6 is 0 Å². The summed E-state index contributed by atoms with van der Waals surface area (Å²) in [7, 11) is 0. The van der Waals surface area contributed by atoms with Gasteiger partial charge in [0.1, 0.15) is 11.5 Å². The van der Waals surface area contributed by atoms with Gasteiger partial charge in [0.25, 0.3) is 0 Å². The van der Waals surface area contributed by atoms with E-state index < -0.39 is 0 Å². The molecule has 2 aromatic heterocycles. The van der Waals surface area contributed by atoms with Crippen LogP contribution in [-0.2, 0) is 20.8 Å². The number of fused-ring (bicyclic) bond motifs is 4. The number of aromatic nitrogens is 4. The molecule has 4 aliphatic rings. The van der Waals surface area contributed by atoms with Gasteiger partial charge in [-0.15, -0.1) is 10.2 Å². The molecule has 4 atom stereocenters. The minimum Gasteiger partial charge on any atom is -0.371 e. The Balaban J connectivity index is 1.33. The fraction of sp³-hybridized carbons (Fsp3) is 0.619. The summed E-state index contributed by atoms with van der Waals surface area (Å²) >= 11 is 0. The van der Waals surface area contributed by atoms with E-state index in [-0.39, 0.29) is 12.2 Å². The third-order valence-electron chi connectivity index (χ3n) is 6.81. The monoisotopic (exact) mass is 425 g/mol. The van der Waals surface area contributed by atoms with E-state index in [1.165, 1.54) is 0 Å². The van der Waals surface area contributed by atoms with E-state index in [2.05, 4.69) is 36.5 Å². The molecule has 1 amide bonds. The molecule has 2 aromatic rings. The van der Waals surface area contributed by atoms with Crippen molar-refractivity contribution in [2.24, 2.45) is 0 Å². The van der Waals surface area contributed by atoms with Crippen molar-refractivity contribution in [1.29, 1.82) is 0 Å². The van der Waals surface area contributed by atoms with Gasteiger partial charge in [0.2, 0.25) is 6.41 Å². The van der Waals surface area contributed by atoms with E-state index in [9.17, 15) is 4.79 Å². The van der Waals surface area contributed by atoms with Gasteiger partial charge in [0.05, 0.1) is 42.8 Å². The summed E-state index contributed by atoms with van der Waals surface area (Å²) in [6.45, 7) is 3.89. The van der Waals surface area contributed by atoms with Gasteiger partial charge in [0, 0.05) is 38.3 Å². The van der Waals surface area contributed by atoms with Gasteiger partial charge in [-0.25, -0.2) is 4.68 Å². The first-order valence-electron chi connectivity index (χ1n) is 11.1. The highest BCUT2D eigenvalue weighted by atomic mass is 16.5. The predicted octanol–water partition coefficient (Wildman–Crippen LogP) is 1.02. The maximum Gasteiger partial charge on any atom is 0.212 e. The van der Waals surface area contributed by atoms with Gasteiger partial charge in [-0.3, -0.25) is 4.79 Å². The smallest absolute Gasteiger partial charge is 0.212 e. The molecular weight excluding hydrogens is 398 g/mol. The molecule has 10 nitrogen and oxygen atoms in total. The number of ether oxygens (including phenoxy) is 2. The highest BCUT2D eigenvalue weighted by Crippen LogP contribution is 2.34. The zero-order chi connectivity index (χ0) is 20.8. The average molecular weight is 425 g/mol. The number of amides is 1. The van der Waals surface area contributed by atoms with Crippen molar-refractivity contribution in [1.82, 2.24) is 20.0 Å². The molecule has 164 valence electrons. The van der Waals surface area contributed by atoms with Gasteiger partial charge in [-0.1, -0.05) is 0 Å². The van der Waals surface area contributed by atoms with Crippen LogP contribution in [0.4, 0.5) is 17.3 Å². The van der Waals surface area contributed by atoms with Gasteiger partial charge < -0.3 is 24.6 Å². The molecule has 6 rings (SSSR count). The van der Waals surface area contributed by atoms with Crippen molar-refractivity contribution < 1.29 is 14.3 Å². The lowest BCUT2D eigenvalue weighted by molar-refractivity contribution is -0.105. The van der Waals surface area contributed by atoms with Crippen LogP contribution in [0.5, 0.6) is 0 Å². The Morgan fingerprint density at radius 1 is 0.968 bits per heavy atom. The fourth-order valence-corrected chi connectivity index (χ4v) is 5.34. The third-order valence-corrected chi connectivity index (χ3v) is 6.81. The molecule has 0 aromatic carbocycles. The highest BCUT2D eigenvalue weighted by molar-refractivity contribution is 5.69. The van der Waals surface area contributed by atoms with Crippen LogP contribution in [0.15, 0.2) is 18.3 Å². The average Bonchev–Trinajstić information content (AvgIpc) is 3.47. The number of anilines is 3. The minimum absolute atomic E-state index is 0.277. The van der Waals surface area contributed by atoms with E-state index >= 15 is 0 Å². The van der Waals surface area contributed by atoms with Crippen LogP contribution in [0.1, 0.15) is 31.4 Å². The zero-order valence-corrected chi connectivity index (χ0v) is 17.4. The third kappa shape index (κ3) is 3.63. The number of hydrogen-bond acceptors (Lipinski definition) is 8. The second-order valence-electron chi connectivity index (χ2n) is 8.90. The van der Waals surface area contributed by atoms with Crippen molar-refractivity contribution >= 4 is 23.7 Å². The Labute approximate surface area is 180 Å². The van der Waals surface area contributed by atoms with Crippen LogP contribution in [-0.4, -0.2) is 77.0 Å². The van der Waals surface area contributed by atoms with E-state index in [0.717, 1.165) is 69.1 Å². The first kappa shape index (κ1) is 19.0.